The van der Waals surface area contributed by atoms with Gasteiger partial charge in [-0.1, -0.05) is 12.1 Å². The standard InChI is InChI=1S/C22H30FN3O3/c1-15-14-18(23)8-6-16(15)10-12-25-22(24-2)26-13-11-17-7-9-19(27-3)21(29-5)20(17)28-4/h6-9,14H,10-13H2,1-5H3,(H2,24,25,26). The first-order valence-electron chi connectivity index (χ1n) is 9.51. The lowest BCUT2D eigenvalue weighted by atomic mass is 10.1. The molecule has 0 atom stereocenters. The normalized spacial score (nSPS) is 11.2. The van der Waals surface area contributed by atoms with Gasteiger partial charge in [0.2, 0.25) is 5.75 Å². The number of methoxy groups -OCH3 is 3. The van der Waals surface area contributed by atoms with E-state index in [1.165, 1.54) is 6.07 Å². The second-order valence-electron chi connectivity index (χ2n) is 6.49. The number of nitrogens with one attached hydrogen (secondary N) is 2. The molecule has 6 nitrogen and oxygen atoms in total. The van der Waals surface area contributed by atoms with Crippen LogP contribution in [0.1, 0.15) is 16.7 Å². The quantitative estimate of drug-likeness (QED) is 0.498. The van der Waals surface area contributed by atoms with E-state index >= 15 is 0 Å². The van der Waals surface area contributed by atoms with Crippen LogP contribution in [0.3, 0.4) is 0 Å². The summed E-state index contributed by atoms with van der Waals surface area (Å²) in [6, 6.07) is 8.71. The molecule has 2 N–H and O–H groups in total. The number of hydrogen-bond donors (Lipinski definition) is 2. The number of halogens is 1. The average Bonchev–Trinajstić information content (AvgIpc) is 2.73. The number of aryl methyl sites for hydroxylation is 1. The predicted octanol–water partition coefficient (Wildman–Crippen LogP) is 3.11. The monoisotopic (exact) mass is 403 g/mol. The molecule has 0 aliphatic heterocycles. The Morgan fingerprint density at radius 1 is 0.897 bits per heavy atom. The van der Waals surface area contributed by atoms with Gasteiger partial charge in [0.25, 0.3) is 0 Å². The van der Waals surface area contributed by atoms with Crippen LogP contribution in [-0.4, -0.2) is 47.4 Å². The van der Waals surface area contributed by atoms with Gasteiger partial charge >= 0.3 is 0 Å². The molecule has 0 aliphatic carbocycles. The highest BCUT2D eigenvalue weighted by Gasteiger charge is 2.15. The fourth-order valence-corrected chi connectivity index (χ4v) is 3.15. The van der Waals surface area contributed by atoms with Gasteiger partial charge < -0.3 is 24.8 Å². The Hall–Kier alpha value is -2.96. The molecule has 2 aromatic carbocycles. The first-order valence-corrected chi connectivity index (χ1v) is 9.51. The van der Waals surface area contributed by atoms with Crippen LogP contribution in [0.15, 0.2) is 35.3 Å². The topological polar surface area (TPSA) is 64.1 Å². The first kappa shape index (κ1) is 22.3. The van der Waals surface area contributed by atoms with E-state index in [-0.39, 0.29) is 5.82 Å². The minimum Gasteiger partial charge on any atom is -0.493 e. The van der Waals surface area contributed by atoms with Crippen LogP contribution in [0.5, 0.6) is 17.2 Å². The Kier molecular flexibility index (Phi) is 8.58. The summed E-state index contributed by atoms with van der Waals surface area (Å²) in [5, 5.41) is 6.58. The van der Waals surface area contributed by atoms with E-state index < -0.39 is 0 Å². The summed E-state index contributed by atoms with van der Waals surface area (Å²) >= 11 is 0. The van der Waals surface area contributed by atoms with Gasteiger partial charge in [-0.15, -0.1) is 0 Å². The van der Waals surface area contributed by atoms with Crippen molar-refractivity contribution in [2.24, 2.45) is 4.99 Å². The number of ether oxygens (including phenoxy) is 3. The zero-order valence-electron chi connectivity index (χ0n) is 17.8. The molecule has 0 radical (unpaired) electrons. The molecular weight excluding hydrogens is 373 g/mol. The van der Waals surface area contributed by atoms with Crippen LogP contribution in [-0.2, 0) is 12.8 Å². The number of guanidine groups is 1. The summed E-state index contributed by atoms with van der Waals surface area (Å²) < 4.78 is 29.5. The maximum atomic E-state index is 13.2. The van der Waals surface area contributed by atoms with Crippen LogP contribution >= 0.6 is 0 Å². The lowest BCUT2D eigenvalue weighted by molar-refractivity contribution is 0.322. The Bertz CT molecular complexity index is 840. The molecule has 0 bridgehead atoms. The van der Waals surface area contributed by atoms with Crippen molar-refractivity contribution < 1.29 is 18.6 Å². The Morgan fingerprint density at radius 2 is 1.52 bits per heavy atom. The molecule has 7 heteroatoms. The van der Waals surface area contributed by atoms with E-state index in [0.29, 0.717) is 36.3 Å². The lowest BCUT2D eigenvalue weighted by Crippen LogP contribution is -2.39. The van der Waals surface area contributed by atoms with Crippen LogP contribution in [0.2, 0.25) is 0 Å². The highest BCUT2D eigenvalue weighted by atomic mass is 19.1. The Balaban J connectivity index is 1.88. The first-order chi connectivity index (χ1) is 14.0. The van der Waals surface area contributed by atoms with Crippen LogP contribution in [0, 0.1) is 12.7 Å². The Morgan fingerprint density at radius 3 is 2.07 bits per heavy atom. The van der Waals surface area contributed by atoms with Crippen molar-refractivity contribution >= 4 is 5.96 Å². The second-order valence-corrected chi connectivity index (χ2v) is 6.49. The van der Waals surface area contributed by atoms with Crippen LogP contribution in [0.25, 0.3) is 0 Å². The van der Waals surface area contributed by atoms with Gasteiger partial charge in [0.05, 0.1) is 21.3 Å². The molecule has 0 saturated carbocycles. The maximum absolute atomic E-state index is 13.2. The molecule has 0 spiro atoms. The number of aliphatic imine (C=N–C) groups is 1. The van der Waals surface area contributed by atoms with Gasteiger partial charge in [-0.3, -0.25) is 4.99 Å². The molecule has 158 valence electrons. The Labute approximate surface area is 172 Å². The van der Waals surface area contributed by atoms with Crippen molar-refractivity contribution in [3.05, 3.63) is 52.8 Å². The van der Waals surface area contributed by atoms with Gasteiger partial charge in [-0.05, 0) is 49.1 Å². The van der Waals surface area contributed by atoms with E-state index in [2.05, 4.69) is 15.6 Å². The van der Waals surface area contributed by atoms with Crippen LogP contribution in [0.4, 0.5) is 4.39 Å². The van der Waals surface area contributed by atoms with E-state index in [0.717, 1.165) is 29.5 Å². The SMILES string of the molecule is CN=C(NCCc1ccc(F)cc1C)NCCc1ccc(OC)c(OC)c1OC. The average molecular weight is 403 g/mol. The van der Waals surface area contributed by atoms with Gasteiger partial charge in [0.15, 0.2) is 17.5 Å². The van der Waals surface area contributed by atoms with Crippen molar-refractivity contribution in [2.75, 3.05) is 41.5 Å². The van der Waals surface area contributed by atoms with Crippen molar-refractivity contribution in [2.45, 2.75) is 19.8 Å². The summed E-state index contributed by atoms with van der Waals surface area (Å²) in [5.41, 5.74) is 3.08. The number of rotatable bonds is 9. The minimum atomic E-state index is -0.206. The number of hydrogen-bond acceptors (Lipinski definition) is 4. The molecule has 0 fully saturated rings. The molecule has 0 aromatic heterocycles. The maximum Gasteiger partial charge on any atom is 0.203 e. The lowest BCUT2D eigenvalue weighted by Gasteiger charge is -2.17. The number of nitrogens with zero attached hydrogens (tertiary/aromatic N) is 1. The summed E-state index contributed by atoms with van der Waals surface area (Å²) in [4.78, 5) is 4.25. The molecule has 0 heterocycles. The van der Waals surface area contributed by atoms with E-state index in [9.17, 15) is 4.39 Å². The van der Waals surface area contributed by atoms with Gasteiger partial charge in [-0.25, -0.2) is 4.39 Å². The third-order valence-corrected chi connectivity index (χ3v) is 4.69. The molecule has 0 amide bonds. The van der Waals surface area contributed by atoms with Gasteiger partial charge in [-0.2, -0.15) is 0 Å². The largest absolute Gasteiger partial charge is 0.493 e. The molecule has 2 aromatic rings. The van der Waals surface area contributed by atoms with Gasteiger partial charge in [0, 0.05) is 25.7 Å². The zero-order valence-corrected chi connectivity index (χ0v) is 17.8. The summed E-state index contributed by atoms with van der Waals surface area (Å²) in [5.74, 6) is 2.40. The molecule has 2 rings (SSSR count). The third-order valence-electron chi connectivity index (χ3n) is 4.69. The third kappa shape index (κ3) is 6.01. The van der Waals surface area contributed by atoms with Gasteiger partial charge in [0.1, 0.15) is 5.82 Å². The second kappa shape index (κ2) is 11.1. The van der Waals surface area contributed by atoms with E-state index in [1.807, 2.05) is 25.1 Å². The molecule has 29 heavy (non-hydrogen) atoms. The highest BCUT2D eigenvalue weighted by Crippen LogP contribution is 2.39. The van der Waals surface area contributed by atoms with Crippen molar-refractivity contribution in [3.8, 4) is 17.2 Å². The summed E-state index contributed by atoms with van der Waals surface area (Å²) in [6.45, 7) is 3.29. The highest BCUT2D eigenvalue weighted by molar-refractivity contribution is 5.79. The van der Waals surface area contributed by atoms with Crippen molar-refractivity contribution in [1.82, 2.24) is 10.6 Å². The molecule has 0 saturated heterocycles. The van der Waals surface area contributed by atoms with Crippen molar-refractivity contribution in [1.29, 1.82) is 0 Å². The van der Waals surface area contributed by atoms with E-state index in [4.69, 9.17) is 14.2 Å². The fraction of sp³-hybridized carbons (Fsp3) is 0.409. The van der Waals surface area contributed by atoms with E-state index in [1.54, 1.807) is 34.4 Å². The predicted molar refractivity (Wildman–Crippen MR) is 114 cm³/mol. The number of benzene rings is 2. The minimum absolute atomic E-state index is 0.206. The smallest absolute Gasteiger partial charge is 0.203 e. The van der Waals surface area contributed by atoms with Crippen LogP contribution < -0.4 is 24.8 Å². The van der Waals surface area contributed by atoms with Crippen molar-refractivity contribution in [3.63, 3.8) is 0 Å². The fourth-order valence-electron chi connectivity index (χ4n) is 3.15. The molecular formula is C22H30FN3O3. The zero-order chi connectivity index (χ0) is 21.2. The molecule has 0 aliphatic rings. The summed E-state index contributed by atoms with van der Waals surface area (Å²) in [6.07, 6.45) is 1.51. The summed E-state index contributed by atoms with van der Waals surface area (Å²) in [7, 11) is 6.54. The molecule has 0 unspecified atom stereocenters.